The fourth-order valence-electron chi connectivity index (χ4n) is 1.42. The number of hydrogen-bond donors (Lipinski definition) is 1. The van der Waals surface area contributed by atoms with Crippen molar-refractivity contribution in [2.75, 3.05) is 5.75 Å². The second kappa shape index (κ2) is 11.0. The molecule has 0 atom stereocenters. The van der Waals surface area contributed by atoms with Crippen LogP contribution in [0.3, 0.4) is 0 Å². The summed E-state index contributed by atoms with van der Waals surface area (Å²) in [6, 6.07) is 0. The Bertz CT molecular complexity index is 215. The molecule has 0 aromatic heterocycles. The monoisotopic (exact) mass is 230 g/mol. The molecule has 0 aromatic carbocycles. The fraction of sp³-hybridized carbons (Fsp3) is 1.00. The molecule has 0 fully saturated rings. The zero-order valence-corrected chi connectivity index (χ0v) is 9.85. The molecule has 88 valence electrons. The summed E-state index contributed by atoms with van der Waals surface area (Å²) < 4.78 is 29.2. The van der Waals surface area contributed by atoms with Crippen LogP contribution in [0.1, 0.15) is 58.3 Å². The second-order valence-electron chi connectivity index (χ2n) is 3.76. The van der Waals surface area contributed by atoms with Crippen molar-refractivity contribution >= 4 is 29.0 Å². The zero-order valence-electron chi connectivity index (χ0n) is 9.04. The first kappa shape index (κ1) is 17.9. The van der Waals surface area contributed by atoms with Gasteiger partial charge in [-0.3, -0.25) is 4.55 Å². The molecule has 0 bridgehead atoms. The molecule has 0 aliphatic heterocycles. The average molecular weight is 230 g/mol. The third kappa shape index (κ3) is 17.1. The molecule has 0 radical (unpaired) electrons. The normalized spacial score (nSPS) is 11.1. The van der Waals surface area contributed by atoms with Gasteiger partial charge >= 0.3 is 18.9 Å². The van der Waals surface area contributed by atoms with Crippen molar-refractivity contribution in [3.05, 3.63) is 0 Å². The first-order chi connectivity index (χ1) is 6.56. The molecule has 3 nitrogen and oxygen atoms in total. The molecule has 0 unspecified atom stereocenters. The summed E-state index contributed by atoms with van der Waals surface area (Å²) in [6.45, 7) is 2.19. The van der Waals surface area contributed by atoms with Gasteiger partial charge in [0.1, 0.15) is 0 Å². The molecule has 1 N–H and O–H groups in total. The summed E-state index contributed by atoms with van der Waals surface area (Å²) in [7, 11) is -3.73. The van der Waals surface area contributed by atoms with Crippen LogP contribution in [0, 0.1) is 0 Å². The van der Waals surface area contributed by atoms with Crippen LogP contribution in [-0.4, -0.2) is 37.6 Å². The Morgan fingerprint density at radius 2 is 1.27 bits per heavy atom. The molecule has 0 rings (SSSR count). The van der Waals surface area contributed by atoms with Crippen molar-refractivity contribution < 1.29 is 13.0 Å². The van der Waals surface area contributed by atoms with Crippen molar-refractivity contribution in [1.29, 1.82) is 0 Å². The maximum atomic E-state index is 10.4. The Kier molecular flexibility index (Phi) is 13.1. The van der Waals surface area contributed by atoms with E-state index >= 15 is 0 Å². The van der Waals surface area contributed by atoms with E-state index in [1.807, 2.05) is 0 Å². The van der Waals surface area contributed by atoms with E-state index in [9.17, 15) is 8.42 Å². The van der Waals surface area contributed by atoms with Crippen LogP contribution in [0.15, 0.2) is 0 Å². The van der Waals surface area contributed by atoms with Crippen LogP contribution in [-0.2, 0) is 10.1 Å². The van der Waals surface area contributed by atoms with E-state index in [-0.39, 0.29) is 24.6 Å². The Balaban J connectivity index is 0. The molecule has 0 aromatic rings. The zero-order chi connectivity index (χ0) is 10.9. The van der Waals surface area contributed by atoms with Crippen molar-refractivity contribution in [3.8, 4) is 0 Å². The Hall–Kier alpha value is 0.507. The predicted molar refractivity (Wildman–Crippen MR) is 66.2 cm³/mol. The first-order valence-corrected chi connectivity index (χ1v) is 7.12. The van der Waals surface area contributed by atoms with Crippen LogP contribution in [0.4, 0.5) is 0 Å². The standard InChI is InChI=1S/C10H22O3S.Li.H/c1-2-3-4-5-6-7-8-9-10-14(11,12)13;;/h2-10H2,1H3,(H,11,12,13);;. The van der Waals surface area contributed by atoms with Crippen LogP contribution in [0.25, 0.3) is 0 Å². The first-order valence-electron chi connectivity index (χ1n) is 5.51. The van der Waals surface area contributed by atoms with E-state index in [2.05, 4.69) is 6.92 Å². The van der Waals surface area contributed by atoms with E-state index in [0.29, 0.717) is 6.42 Å². The fourth-order valence-corrected chi connectivity index (χ4v) is 1.99. The van der Waals surface area contributed by atoms with Crippen molar-refractivity contribution in [3.63, 3.8) is 0 Å². The van der Waals surface area contributed by atoms with Crippen LogP contribution >= 0.6 is 0 Å². The molecule has 15 heavy (non-hydrogen) atoms. The minimum atomic E-state index is -3.73. The van der Waals surface area contributed by atoms with Crippen molar-refractivity contribution in [2.45, 2.75) is 58.3 Å². The Labute approximate surface area is 106 Å². The molecule has 0 heterocycles. The Morgan fingerprint density at radius 1 is 0.867 bits per heavy atom. The van der Waals surface area contributed by atoms with E-state index in [0.717, 1.165) is 12.8 Å². The molecule has 0 aliphatic carbocycles. The second-order valence-corrected chi connectivity index (χ2v) is 5.33. The molecule has 0 aliphatic rings. The van der Waals surface area contributed by atoms with Gasteiger partial charge in [0, 0.05) is 0 Å². The van der Waals surface area contributed by atoms with Gasteiger partial charge in [0.25, 0.3) is 10.1 Å². The summed E-state index contributed by atoms with van der Waals surface area (Å²) in [5, 5.41) is 0. The van der Waals surface area contributed by atoms with E-state index < -0.39 is 10.1 Å². The molecular formula is C10H23LiO3S. The quantitative estimate of drug-likeness (QED) is 0.376. The summed E-state index contributed by atoms with van der Waals surface area (Å²) in [5.41, 5.74) is 0. The van der Waals surface area contributed by atoms with Crippen molar-refractivity contribution in [2.24, 2.45) is 0 Å². The number of hydrogen-bond acceptors (Lipinski definition) is 2. The van der Waals surface area contributed by atoms with E-state index in [1.165, 1.54) is 32.1 Å². The van der Waals surface area contributed by atoms with Gasteiger partial charge in [0.2, 0.25) is 0 Å². The molecule has 5 heteroatoms. The molecule has 0 saturated heterocycles. The third-order valence-electron chi connectivity index (χ3n) is 2.26. The van der Waals surface area contributed by atoms with E-state index in [4.69, 9.17) is 4.55 Å². The van der Waals surface area contributed by atoms with Gasteiger partial charge in [-0.2, -0.15) is 8.42 Å². The third-order valence-corrected chi connectivity index (χ3v) is 3.06. The van der Waals surface area contributed by atoms with Gasteiger partial charge in [-0.1, -0.05) is 51.9 Å². The maximum absolute atomic E-state index is 10.4. The molecule has 0 saturated carbocycles. The summed E-state index contributed by atoms with van der Waals surface area (Å²) in [4.78, 5) is 0. The molecule has 0 spiro atoms. The van der Waals surface area contributed by atoms with E-state index in [1.54, 1.807) is 0 Å². The number of unbranched alkanes of at least 4 members (excludes halogenated alkanes) is 7. The van der Waals surface area contributed by atoms with Crippen LogP contribution in [0.5, 0.6) is 0 Å². The Morgan fingerprint density at radius 3 is 1.67 bits per heavy atom. The van der Waals surface area contributed by atoms with Gasteiger partial charge in [-0.05, 0) is 6.42 Å². The van der Waals surface area contributed by atoms with Gasteiger partial charge in [-0.25, -0.2) is 0 Å². The van der Waals surface area contributed by atoms with Crippen LogP contribution < -0.4 is 0 Å². The average Bonchev–Trinajstić information content (AvgIpc) is 2.08. The molecule has 0 amide bonds. The SMILES string of the molecule is CCCCCCCCCCS(=O)(=O)O.[LiH]. The van der Waals surface area contributed by atoms with Crippen LogP contribution in [0.2, 0.25) is 0 Å². The summed E-state index contributed by atoms with van der Waals surface area (Å²) in [5.74, 6) is -0.0814. The summed E-state index contributed by atoms with van der Waals surface area (Å²) >= 11 is 0. The number of rotatable bonds is 9. The minimum absolute atomic E-state index is 0. The summed E-state index contributed by atoms with van der Waals surface area (Å²) in [6.07, 6.45) is 8.85. The molecular weight excluding hydrogens is 207 g/mol. The van der Waals surface area contributed by atoms with Gasteiger partial charge in [-0.15, -0.1) is 0 Å². The topological polar surface area (TPSA) is 54.4 Å². The van der Waals surface area contributed by atoms with Gasteiger partial charge in [0.15, 0.2) is 0 Å². The van der Waals surface area contributed by atoms with Gasteiger partial charge < -0.3 is 0 Å². The van der Waals surface area contributed by atoms with Gasteiger partial charge in [0.05, 0.1) is 5.75 Å². The predicted octanol–water partition coefficient (Wildman–Crippen LogP) is 2.37. The van der Waals surface area contributed by atoms with Crippen molar-refractivity contribution in [1.82, 2.24) is 0 Å².